The Bertz CT molecular complexity index is 936. The third-order valence-corrected chi connectivity index (χ3v) is 6.10. The van der Waals surface area contributed by atoms with Gasteiger partial charge in [0.2, 0.25) is 5.91 Å². The molecule has 0 radical (unpaired) electrons. The Morgan fingerprint density at radius 3 is 2.80 bits per heavy atom. The van der Waals surface area contributed by atoms with E-state index in [2.05, 4.69) is 15.1 Å². The Hall–Kier alpha value is -2.49. The number of nitrogens with one attached hydrogen (secondary N) is 2. The summed E-state index contributed by atoms with van der Waals surface area (Å²) in [6.07, 6.45) is 3.55. The van der Waals surface area contributed by atoms with Gasteiger partial charge in [-0.05, 0) is 35.2 Å². The molecular weight excluding hydrogens is 360 g/mol. The maximum Gasteiger partial charge on any atom is 0.250 e. The number of anilines is 1. The number of nitrogens with zero attached hydrogens (tertiary/aromatic N) is 2. The van der Waals surface area contributed by atoms with Gasteiger partial charge >= 0.3 is 0 Å². The van der Waals surface area contributed by atoms with E-state index in [1.807, 2.05) is 30.5 Å². The highest BCUT2D eigenvalue weighted by molar-refractivity contribution is 7.91. The fourth-order valence-corrected chi connectivity index (χ4v) is 4.20. The number of rotatable bonds is 7. The zero-order chi connectivity index (χ0) is 17.7. The summed E-state index contributed by atoms with van der Waals surface area (Å²) in [6, 6.07) is 12.3. The van der Waals surface area contributed by atoms with Crippen molar-refractivity contribution in [1.29, 1.82) is 0 Å². The third-order valence-electron chi connectivity index (χ3n) is 3.30. The SMILES string of the molecule is O=C(CNS(=O)(=O)c1cccs1)Nc1cccc(Cn2cccn2)c1. The Morgan fingerprint density at radius 2 is 2.08 bits per heavy atom. The van der Waals surface area contributed by atoms with Gasteiger partial charge in [0.25, 0.3) is 10.0 Å². The molecule has 0 saturated heterocycles. The number of amides is 1. The van der Waals surface area contributed by atoms with E-state index in [1.165, 1.54) is 6.07 Å². The van der Waals surface area contributed by atoms with Crippen molar-refractivity contribution >= 4 is 33.0 Å². The molecule has 7 nitrogen and oxygen atoms in total. The molecule has 0 aliphatic carbocycles. The second kappa shape index (κ2) is 7.60. The molecule has 0 fully saturated rings. The number of sulfonamides is 1. The second-order valence-electron chi connectivity index (χ2n) is 5.21. The van der Waals surface area contributed by atoms with E-state index in [0.29, 0.717) is 12.2 Å². The van der Waals surface area contributed by atoms with Gasteiger partial charge in [-0.15, -0.1) is 11.3 Å². The lowest BCUT2D eigenvalue weighted by Gasteiger charge is -2.09. The third kappa shape index (κ3) is 4.75. The summed E-state index contributed by atoms with van der Waals surface area (Å²) >= 11 is 1.10. The van der Waals surface area contributed by atoms with Gasteiger partial charge in [-0.25, -0.2) is 13.1 Å². The van der Waals surface area contributed by atoms with Crippen LogP contribution in [-0.4, -0.2) is 30.7 Å². The molecule has 9 heteroatoms. The molecule has 0 bridgehead atoms. The van der Waals surface area contributed by atoms with Crippen LogP contribution in [0.25, 0.3) is 0 Å². The minimum atomic E-state index is -3.65. The summed E-state index contributed by atoms with van der Waals surface area (Å²) < 4.78 is 28.2. The molecule has 3 aromatic rings. The van der Waals surface area contributed by atoms with Crippen LogP contribution in [0.4, 0.5) is 5.69 Å². The first-order chi connectivity index (χ1) is 12.0. The Morgan fingerprint density at radius 1 is 1.20 bits per heavy atom. The first-order valence-electron chi connectivity index (χ1n) is 7.42. The van der Waals surface area contributed by atoms with Crippen LogP contribution in [0.1, 0.15) is 5.56 Å². The Labute approximate surface area is 149 Å². The monoisotopic (exact) mass is 376 g/mol. The molecule has 0 spiro atoms. The number of hydrogen-bond acceptors (Lipinski definition) is 5. The molecule has 0 atom stereocenters. The summed E-state index contributed by atoms with van der Waals surface area (Å²) in [5.74, 6) is -0.434. The van der Waals surface area contributed by atoms with E-state index in [-0.39, 0.29) is 10.8 Å². The van der Waals surface area contributed by atoms with Gasteiger partial charge in [-0.3, -0.25) is 9.48 Å². The first kappa shape index (κ1) is 17.3. The fraction of sp³-hybridized carbons (Fsp3) is 0.125. The summed E-state index contributed by atoms with van der Waals surface area (Å²) in [5, 5.41) is 8.49. The highest BCUT2D eigenvalue weighted by Crippen LogP contribution is 2.15. The van der Waals surface area contributed by atoms with Crippen LogP contribution in [0.3, 0.4) is 0 Å². The van der Waals surface area contributed by atoms with Crippen LogP contribution in [-0.2, 0) is 21.4 Å². The number of aromatic nitrogens is 2. The number of benzene rings is 1. The Kier molecular flexibility index (Phi) is 5.27. The van der Waals surface area contributed by atoms with Crippen molar-refractivity contribution in [1.82, 2.24) is 14.5 Å². The van der Waals surface area contributed by atoms with Crippen LogP contribution in [0.2, 0.25) is 0 Å². The topological polar surface area (TPSA) is 93.1 Å². The summed E-state index contributed by atoms with van der Waals surface area (Å²) in [5.41, 5.74) is 1.57. The molecule has 1 aromatic carbocycles. The molecular formula is C16H16N4O3S2. The van der Waals surface area contributed by atoms with Crippen LogP contribution in [0.5, 0.6) is 0 Å². The highest BCUT2D eigenvalue weighted by Gasteiger charge is 2.16. The lowest BCUT2D eigenvalue weighted by Crippen LogP contribution is -2.32. The van der Waals surface area contributed by atoms with E-state index in [1.54, 1.807) is 28.4 Å². The number of carbonyl (C=O) groups is 1. The molecule has 130 valence electrons. The van der Waals surface area contributed by atoms with Gasteiger partial charge in [-0.1, -0.05) is 18.2 Å². The normalized spacial score (nSPS) is 11.4. The van der Waals surface area contributed by atoms with Crippen molar-refractivity contribution in [2.75, 3.05) is 11.9 Å². The molecule has 3 rings (SSSR count). The van der Waals surface area contributed by atoms with Crippen molar-refractivity contribution in [3.63, 3.8) is 0 Å². The summed E-state index contributed by atoms with van der Waals surface area (Å²) in [7, 11) is -3.65. The van der Waals surface area contributed by atoms with Gasteiger partial charge in [0.15, 0.2) is 0 Å². The van der Waals surface area contributed by atoms with Crippen molar-refractivity contribution in [3.8, 4) is 0 Å². The molecule has 2 heterocycles. The average Bonchev–Trinajstić information content (AvgIpc) is 3.27. The zero-order valence-corrected chi connectivity index (χ0v) is 14.8. The summed E-state index contributed by atoms with van der Waals surface area (Å²) in [4.78, 5) is 12.0. The molecule has 0 aliphatic heterocycles. The smallest absolute Gasteiger partial charge is 0.250 e. The molecule has 1 amide bonds. The standard InChI is InChI=1S/C16H16N4O3S2/c21-15(11-18-25(22,23)16-6-2-9-24-16)19-14-5-1-4-13(10-14)12-20-8-3-7-17-20/h1-10,18H,11-12H2,(H,19,21). The van der Waals surface area contributed by atoms with Crippen molar-refractivity contribution < 1.29 is 13.2 Å². The van der Waals surface area contributed by atoms with Gasteiger partial charge in [0, 0.05) is 18.1 Å². The van der Waals surface area contributed by atoms with E-state index in [0.717, 1.165) is 16.9 Å². The quantitative estimate of drug-likeness (QED) is 0.659. The van der Waals surface area contributed by atoms with Crippen LogP contribution in [0, 0.1) is 0 Å². The van der Waals surface area contributed by atoms with E-state index in [9.17, 15) is 13.2 Å². The number of carbonyl (C=O) groups excluding carboxylic acids is 1. The van der Waals surface area contributed by atoms with Crippen LogP contribution >= 0.6 is 11.3 Å². The molecule has 0 aliphatic rings. The number of hydrogen-bond donors (Lipinski definition) is 2. The van der Waals surface area contributed by atoms with Gasteiger partial charge in [-0.2, -0.15) is 5.10 Å². The van der Waals surface area contributed by atoms with Crippen molar-refractivity contribution in [3.05, 3.63) is 65.8 Å². The van der Waals surface area contributed by atoms with Gasteiger partial charge in [0.1, 0.15) is 4.21 Å². The van der Waals surface area contributed by atoms with Gasteiger partial charge in [0.05, 0.1) is 13.1 Å². The minimum absolute atomic E-state index is 0.182. The summed E-state index contributed by atoms with van der Waals surface area (Å²) in [6.45, 7) is 0.255. The molecule has 2 N–H and O–H groups in total. The van der Waals surface area contributed by atoms with Crippen molar-refractivity contribution in [2.24, 2.45) is 0 Å². The van der Waals surface area contributed by atoms with Crippen molar-refractivity contribution in [2.45, 2.75) is 10.8 Å². The number of thiophene rings is 1. The highest BCUT2D eigenvalue weighted by atomic mass is 32.2. The van der Waals surface area contributed by atoms with E-state index in [4.69, 9.17) is 0 Å². The molecule has 0 saturated carbocycles. The Balaban J connectivity index is 1.58. The lowest BCUT2D eigenvalue weighted by atomic mass is 10.2. The van der Waals surface area contributed by atoms with Crippen LogP contribution in [0.15, 0.2) is 64.4 Å². The second-order valence-corrected chi connectivity index (χ2v) is 8.15. The average molecular weight is 376 g/mol. The van der Waals surface area contributed by atoms with Gasteiger partial charge < -0.3 is 5.32 Å². The minimum Gasteiger partial charge on any atom is -0.325 e. The van der Waals surface area contributed by atoms with E-state index < -0.39 is 15.9 Å². The fourth-order valence-electron chi connectivity index (χ4n) is 2.18. The zero-order valence-electron chi connectivity index (χ0n) is 13.1. The predicted octanol–water partition coefficient (Wildman–Crippen LogP) is 1.91. The maximum atomic E-state index is 12.0. The predicted molar refractivity (Wildman–Crippen MR) is 95.9 cm³/mol. The lowest BCUT2D eigenvalue weighted by molar-refractivity contribution is -0.115. The molecule has 25 heavy (non-hydrogen) atoms. The van der Waals surface area contributed by atoms with Crippen LogP contribution < -0.4 is 10.0 Å². The molecule has 2 aromatic heterocycles. The molecule has 0 unspecified atom stereocenters. The first-order valence-corrected chi connectivity index (χ1v) is 9.79. The maximum absolute atomic E-state index is 12.0. The largest absolute Gasteiger partial charge is 0.325 e. The van der Waals surface area contributed by atoms with E-state index >= 15 is 0 Å².